The first-order chi connectivity index (χ1) is 22.6. The summed E-state index contributed by atoms with van der Waals surface area (Å²) in [4.78, 5) is 54.5. The van der Waals surface area contributed by atoms with Gasteiger partial charge in [0.15, 0.2) is 0 Å². The molecule has 1 aromatic heterocycles. The van der Waals surface area contributed by atoms with Gasteiger partial charge in [-0.05, 0) is 62.9 Å². The summed E-state index contributed by atoms with van der Waals surface area (Å²) in [6.45, 7) is 7.17. The molecule has 47 heavy (non-hydrogen) atoms. The molecule has 0 saturated carbocycles. The number of hydrogen-bond donors (Lipinski definition) is 4. The maximum absolute atomic E-state index is 13.4. The number of amides is 2. The fourth-order valence-corrected chi connectivity index (χ4v) is 6.54. The minimum atomic E-state index is -1.82. The summed E-state index contributed by atoms with van der Waals surface area (Å²) in [6, 6.07) is 16.4. The molecule has 2 fully saturated rings. The molecule has 0 unspecified atom stereocenters. The number of aromatic nitrogens is 1. The average molecular weight is 650 g/mol. The highest BCUT2D eigenvalue weighted by atomic mass is 16.5. The lowest BCUT2D eigenvalue weighted by molar-refractivity contribution is -0.159. The molecule has 254 valence electrons. The molecule has 0 spiro atoms. The first-order valence-corrected chi connectivity index (χ1v) is 16.3. The van der Waals surface area contributed by atoms with E-state index in [1.165, 1.54) is 32.4 Å². The van der Waals surface area contributed by atoms with Crippen LogP contribution in [-0.2, 0) is 32.1 Å². The van der Waals surface area contributed by atoms with Gasteiger partial charge in [0.2, 0.25) is 11.8 Å². The van der Waals surface area contributed by atoms with Gasteiger partial charge in [-0.3, -0.25) is 14.5 Å². The molecule has 1 atom stereocenters. The van der Waals surface area contributed by atoms with Crippen LogP contribution in [0.4, 0.5) is 0 Å². The van der Waals surface area contributed by atoms with E-state index in [1.54, 1.807) is 14.0 Å². The summed E-state index contributed by atoms with van der Waals surface area (Å²) in [7, 11) is 1.65. The van der Waals surface area contributed by atoms with Crippen LogP contribution in [-0.4, -0.2) is 112 Å². The zero-order chi connectivity index (χ0) is 33.8. The number of piperidine rings is 2. The Balaban J connectivity index is 0.000000762. The van der Waals surface area contributed by atoms with Crippen molar-refractivity contribution in [1.29, 1.82) is 0 Å². The number of carbonyl (C=O) groups is 4. The van der Waals surface area contributed by atoms with Crippen molar-refractivity contribution in [2.75, 3.05) is 46.4 Å². The van der Waals surface area contributed by atoms with E-state index in [1.807, 2.05) is 47.5 Å². The maximum atomic E-state index is 13.4. The molecule has 2 saturated heterocycles. The minimum Gasteiger partial charge on any atom is -0.496 e. The van der Waals surface area contributed by atoms with Gasteiger partial charge in [0.1, 0.15) is 5.75 Å². The number of hydrogen-bond acceptors (Lipinski definition) is 7. The normalized spacial score (nSPS) is 16.5. The number of para-hydroxylation sites is 2. The van der Waals surface area contributed by atoms with E-state index < -0.39 is 11.9 Å². The number of carbonyl (C=O) groups excluding carboxylic acids is 2. The number of rotatable bonds is 11. The number of ether oxygens (including phenoxy) is 1. The number of aliphatic carboxylic acids is 2. The topological polar surface area (TPSA) is 156 Å². The van der Waals surface area contributed by atoms with Crippen molar-refractivity contribution in [1.82, 2.24) is 25.0 Å². The number of methoxy groups -OCH3 is 1. The molecule has 2 aromatic carbocycles. The van der Waals surface area contributed by atoms with E-state index in [0.717, 1.165) is 53.7 Å². The molecular formula is C35H47N5O7. The molecular weight excluding hydrogens is 602 g/mol. The Bertz CT molecular complexity index is 1480. The molecule has 3 aromatic rings. The molecule has 12 nitrogen and oxygen atoms in total. The summed E-state index contributed by atoms with van der Waals surface area (Å²) in [6.07, 6.45) is 8.89. The van der Waals surface area contributed by atoms with Gasteiger partial charge >= 0.3 is 11.9 Å². The largest absolute Gasteiger partial charge is 0.496 e. The molecule has 2 amide bonds. The third-order valence-electron chi connectivity index (χ3n) is 8.96. The molecule has 0 bridgehead atoms. The summed E-state index contributed by atoms with van der Waals surface area (Å²) in [5, 5.41) is 19.2. The van der Waals surface area contributed by atoms with E-state index in [0.29, 0.717) is 32.1 Å². The zero-order valence-electron chi connectivity index (χ0n) is 27.3. The second kappa shape index (κ2) is 17.5. The van der Waals surface area contributed by atoms with E-state index in [2.05, 4.69) is 32.2 Å². The Morgan fingerprint density at radius 3 is 2.26 bits per heavy atom. The summed E-state index contributed by atoms with van der Waals surface area (Å²) >= 11 is 0. The number of fused-ring (bicyclic) bond motifs is 1. The average Bonchev–Trinajstić information content (AvgIpc) is 3.48. The van der Waals surface area contributed by atoms with Crippen molar-refractivity contribution < 1.29 is 34.1 Å². The van der Waals surface area contributed by atoms with Crippen LogP contribution >= 0.6 is 0 Å². The summed E-state index contributed by atoms with van der Waals surface area (Å²) in [5.41, 5.74) is 3.15. The van der Waals surface area contributed by atoms with Gasteiger partial charge in [-0.2, -0.15) is 0 Å². The van der Waals surface area contributed by atoms with Gasteiger partial charge in [0.05, 0.1) is 19.7 Å². The van der Waals surface area contributed by atoms with Gasteiger partial charge in [-0.1, -0.05) is 42.8 Å². The Morgan fingerprint density at radius 2 is 1.60 bits per heavy atom. The molecule has 12 heteroatoms. The predicted octanol–water partition coefficient (Wildman–Crippen LogP) is 3.36. The third kappa shape index (κ3) is 10.5. The molecule has 2 aliphatic heterocycles. The van der Waals surface area contributed by atoms with Crippen molar-refractivity contribution >= 4 is 34.7 Å². The predicted molar refractivity (Wildman–Crippen MR) is 178 cm³/mol. The highest BCUT2D eigenvalue weighted by molar-refractivity contribution is 6.27. The van der Waals surface area contributed by atoms with E-state index in [9.17, 15) is 9.59 Å². The molecule has 3 heterocycles. The minimum absolute atomic E-state index is 0.0204. The van der Waals surface area contributed by atoms with Crippen LogP contribution in [0.1, 0.15) is 50.2 Å². The summed E-state index contributed by atoms with van der Waals surface area (Å²) in [5.74, 6) is -2.91. The Kier molecular flexibility index (Phi) is 13.2. The van der Waals surface area contributed by atoms with Crippen LogP contribution in [0.2, 0.25) is 0 Å². The molecule has 0 radical (unpaired) electrons. The molecule has 2 aliphatic rings. The second-order valence-corrected chi connectivity index (χ2v) is 12.3. The number of nitrogens with one attached hydrogen (secondary N) is 2. The fraction of sp³-hybridized carbons (Fsp3) is 0.486. The highest BCUT2D eigenvalue weighted by Gasteiger charge is 2.27. The quantitative estimate of drug-likeness (QED) is 0.229. The van der Waals surface area contributed by atoms with Gasteiger partial charge in [0, 0.05) is 61.8 Å². The first-order valence-electron chi connectivity index (χ1n) is 16.3. The third-order valence-corrected chi connectivity index (χ3v) is 8.96. The SMILES string of the molecule is COc1ccccc1CN(C[C@@H](Cc1c[nH]c2ccccc12)NC(=O)CN1CCC(N2CCCCC2)CC1)C(C)=O.O=C(O)C(=O)O. The van der Waals surface area contributed by atoms with Crippen molar-refractivity contribution in [3.8, 4) is 5.75 Å². The van der Waals surface area contributed by atoms with Crippen molar-refractivity contribution in [2.45, 2.75) is 64.1 Å². The second-order valence-electron chi connectivity index (χ2n) is 12.3. The highest BCUT2D eigenvalue weighted by Crippen LogP contribution is 2.23. The zero-order valence-corrected chi connectivity index (χ0v) is 27.3. The number of nitrogens with zero attached hydrogens (tertiary/aromatic N) is 3. The van der Waals surface area contributed by atoms with Gasteiger partial charge in [-0.25, -0.2) is 9.59 Å². The van der Waals surface area contributed by atoms with E-state index >= 15 is 0 Å². The maximum Gasteiger partial charge on any atom is 0.414 e. The molecule has 4 N–H and O–H groups in total. The summed E-state index contributed by atoms with van der Waals surface area (Å²) < 4.78 is 5.54. The Labute approximate surface area is 275 Å². The monoisotopic (exact) mass is 649 g/mol. The van der Waals surface area contributed by atoms with E-state index in [-0.39, 0.29) is 17.9 Å². The number of aromatic amines is 1. The van der Waals surface area contributed by atoms with Crippen LogP contribution in [0.5, 0.6) is 5.75 Å². The van der Waals surface area contributed by atoms with Crippen molar-refractivity contribution in [3.63, 3.8) is 0 Å². The lowest BCUT2D eigenvalue weighted by Crippen LogP contribution is -2.51. The number of carboxylic acids is 2. The van der Waals surface area contributed by atoms with Crippen molar-refractivity contribution in [2.24, 2.45) is 0 Å². The first kappa shape index (κ1) is 35.4. The van der Waals surface area contributed by atoms with Crippen LogP contribution in [0.15, 0.2) is 54.7 Å². The fourth-order valence-electron chi connectivity index (χ4n) is 6.54. The number of H-pyrrole nitrogens is 1. The Hall–Kier alpha value is -4.42. The smallest absolute Gasteiger partial charge is 0.414 e. The Morgan fingerprint density at radius 1 is 0.936 bits per heavy atom. The van der Waals surface area contributed by atoms with Gasteiger partial charge in [-0.15, -0.1) is 0 Å². The van der Waals surface area contributed by atoms with Crippen LogP contribution in [0.3, 0.4) is 0 Å². The molecule has 5 rings (SSSR count). The van der Waals surface area contributed by atoms with Crippen LogP contribution in [0.25, 0.3) is 10.9 Å². The van der Waals surface area contributed by atoms with Gasteiger partial charge < -0.3 is 35.1 Å². The molecule has 0 aliphatic carbocycles. The van der Waals surface area contributed by atoms with Crippen molar-refractivity contribution in [3.05, 3.63) is 65.9 Å². The lowest BCUT2D eigenvalue weighted by Gasteiger charge is -2.40. The van der Waals surface area contributed by atoms with Gasteiger partial charge in [0.25, 0.3) is 0 Å². The number of benzene rings is 2. The lowest BCUT2D eigenvalue weighted by atomic mass is 10.00. The van der Waals surface area contributed by atoms with E-state index in [4.69, 9.17) is 24.5 Å². The number of likely N-dealkylation sites (tertiary alicyclic amines) is 2. The number of carboxylic acid groups (broad SMARTS) is 2. The standard InChI is InChI=1S/C33H45N5O3.C2H2O4/c1-25(39)38(22-26-10-4-7-13-32(26)41-2)23-28(20-27-21-34-31-12-6-5-11-30(27)31)35-33(40)24-36-18-14-29(15-19-36)37-16-8-3-9-17-37;3-1(4)2(5)6/h4-7,10-13,21,28-29,34H,3,8-9,14-20,22-24H2,1-2H3,(H,35,40);(H,3,4)(H,5,6)/t28-;/m1./s1. The van der Waals surface area contributed by atoms with Crippen LogP contribution < -0.4 is 10.1 Å². The van der Waals surface area contributed by atoms with Crippen LogP contribution in [0, 0.1) is 0 Å².